The maximum atomic E-state index is 13.6. The quantitative estimate of drug-likeness (QED) is 0.835. The average Bonchev–Trinajstić information content (AvgIpc) is 2.56. The van der Waals surface area contributed by atoms with E-state index >= 15 is 0 Å². The Bertz CT molecular complexity index is 774. The molecule has 0 saturated carbocycles. The van der Waals surface area contributed by atoms with E-state index in [-0.39, 0.29) is 16.8 Å². The Morgan fingerprint density at radius 2 is 1.71 bits per heavy atom. The van der Waals surface area contributed by atoms with Gasteiger partial charge in [-0.1, -0.05) is 30.3 Å². The molecule has 2 aromatic rings. The van der Waals surface area contributed by atoms with E-state index in [1.807, 2.05) is 13.0 Å². The Morgan fingerprint density at radius 3 is 2.29 bits per heavy atom. The highest BCUT2D eigenvalue weighted by atomic mass is 32.2. The van der Waals surface area contributed by atoms with Crippen LogP contribution < -0.4 is 5.32 Å². The van der Waals surface area contributed by atoms with Crippen molar-refractivity contribution in [3.05, 3.63) is 65.5 Å². The van der Waals surface area contributed by atoms with E-state index in [2.05, 4.69) is 5.32 Å². The standard InChI is InChI=1S/C18H23FN2O2S/c1-14(20-13-12-16-6-4-5-7-18(16)19)15-8-10-17(11-9-15)24(22,23)21(2)3/h4-11,14,20H,12-13H2,1-3H3/t14-/m1/s1. The minimum atomic E-state index is -3.41. The normalized spacial score (nSPS) is 13.2. The molecule has 24 heavy (non-hydrogen) atoms. The van der Waals surface area contributed by atoms with E-state index in [9.17, 15) is 12.8 Å². The van der Waals surface area contributed by atoms with Crippen LogP contribution in [0.25, 0.3) is 0 Å². The second kappa shape index (κ2) is 7.88. The summed E-state index contributed by atoms with van der Waals surface area (Å²) in [5.74, 6) is -0.190. The largest absolute Gasteiger partial charge is 0.310 e. The molecule has 0 aliphatic rings. The number of hydrogen-bond donors (Lipinski definition) is 1. The number of rotatable bonds is 7. The SMILES string of the molecule is C[C@@H](NCCc1ccccc1F)c1ccc(S(=O)(=O)N(C)C)cc1. The van der Waals surface area contributed by atoms with Gasteiger partial charge in [-0.2, -0.15) is 0 Å². The van der Waals surface area contributed by atoms with Crippen molar-refractivity contribution in [3.8, 4) is 0 Å². The summed E-state index contributed by atoms with van der Waals surface area (Å²) >= 11 is 0. The zero-order valence-corrected chi connectivity index (χ0v) is 15.0. The molecule has 0 bridgehead atoms. The van der Waals surface area contributed by atoms with E-state index in [1.54, 1.807) is 36.4 Å². The zero-order valence-electron chi connectivity index (χ0n) is 14.2. The van der Waals surface area contributed by atoms with E-state index in [0.29, 0.717) is 18.5 Å². The first-order valence-electron chi connectivity index (χ1n) is 7.81. The lowest BCUT2D eigenvalue weighted by Crippen LogP contribution is -2.23. The van der Waals surface area contributed by atoms with Crippen LogP contribution in [-0.4, -0.2) is 33.4 Å². The monoisotopic (exact) mass is 350 g/mol. The third-order valence-electron chi connectivity index (χ3n) is 3.96. The molecular weight excluding hydrogens is 327 g/mol. The fraction of sp³-hybridized carbons (Fsp3) is 0.333. The lowest BCUT2D eigenvalue weighted by Gasteiger charge is -2.16. The molecule has 4 nitrogen and oxygen atoms in total. The Morgan fingerprint density at radius 1 is 1.08 bits per heavy atom. The highest BCUT2D eigenvalue weighted by Gasteiger charge is 2.17. The third kappa shape index (κ3) is 4.41. The topological polar surface area (TPSA) is 49.4 Å². The number of halogens is 1. The molecule has 0 spiro atoms. The van der Waals surface area contributed by atoms with Gasteiger partial charge in [0.1, 0.15) is 5.82 Å². The number of hydrogen-bond acceptors (Lipinski definition) is 3. The molecule has 0 unspecified atom stereocenters. The summed E-state index contributed by atoms with van der Waals surface area (Å²) in [6.45, 7) is 2.64. The molecular formula is C18H23FN2O2S. The Balaban J connectivity index is 1.96. The van der Waals surface area contributed by atoms with Crippen LogP contribution in [0.4, 0.5) is 4.39 Å². The van der Waals surface area contributed by atoms with Gasteiger partial charge in [-0.15, -0.1) is 0 Å². The highest BCUT2D eigenvalue weighted by molar-refractivity contribution is 7.89. The van der Waals surface area contributed by atoms with Gasteiger partial charge < -0.3 is 5.32 Å². The predicted octanol–water partition coefficient (Wildman–Crippen LogP) is 2.97. The molecule has 130 valence electrons. The second-order valence-corrected chi connectivity index (χ2v) is 8.03. The van der Waals surface area contributed by atoms with Gasteiger partial charge in [-0.3, -0.25) is 0 Å². The molecule has 1 atom stereocenters. The number of benzene rings is 2. The van der Waals surface area contributed by atoms with Crippen LogP contribution in [0, 0.1) is 5.82 Å². The summed E-state index contributed by atoms with van der Waals surface area (Å²) in [4.78, 5) is 0.273. The summed E-state index contributed by atoms with van der Waals surface area (Å²) in [6.07, 6.45) is 0.601. The summed E-state index contributed by atoms with van der Waals surface area (Å²) in [5, 5.41) is 3.33. The lowest BCUT2D eigenvalue weighted by molar-refractivity contribution is 0.520. The van der Waals surface area contributed by atoms with Crippen molar-refractivity contribution in [2.75, 3.05) is 20.6 Å². The average molecular weight is 350 g/mol. The lowest BCUT2D eigenvalue weighted by atomic mass is 10.1. The van der Waals surface area contributed by atoms with Gasteiger partial charge in [-0.05, 0) is 49.2 Å². The molecule has 0 aliphatic carbocycles. The minimum absolute atomic E-state index is 0.0490. The van der Waals surface area contributed by atoms with Crippen molar-refractivity contribution in [2.24, 2.45) is 0 Å². The van der Waals surface area contributed by atoms with E-state index < -0.39 is 10.0 Å². The molecule has 0 amide bonds. The van der Waals surface area contributed by atoms with Crippen LogP contribution in [0.2, 0.25) is 0 Å². The molecule has 0 saturated heterocycles. The first-order chi connectivity index (χ1) is 11.3. The van der Waals surface area contributed by atoms with Gasteiger partial charge in [0.15, 0.2) is 0 Å². The Kier molecular flexibility index (Phi) is 6.10. The molecule has 0 aliphatic heterocycles. The Labute approximate surface area is 143 Å². The maximum absolute atomic E-state index is 13.6. The summed E-state index contributed by atoms with van der Waals surface area (Å²) in [7, 11) is -0.386. The molecule has 2 aromatic carbocycles. The van der Waals surface area contributed by atoms with Gasteiger partial charge >= 0.3 is 0 Å². The smallest absolute Gasteiger partial charge is 0.242 e. The number of sulfonamides is 1. The van der Waals surface area contributed by atoms with Crippen LogP contribution in [-0.2, 0) is 16.4 Å². The van der Waals surface area contributed by atoms with Gasteiger partial charge in [0.25, 0.3) is 0 Å². The third-order valence-corrected chi connectivity index (χ3v) is 5.79. The Hall–Kier alpha value is -1.76. The van der Waals surface area contributed by atoms with Crippen LogP contribution in [0.5, 0.6) is 0 Å². The van der Waals surface area contributed by atoms with E-state index in [0.717, 1.165) is 5.56 Å². The highest BCUT2D eigenvalue weighted by Crippen LogP contribution is 2.18. The summed E-state index contributed by atoms with van der Waals surface area (Å²) in [5.41, 5.74) is 1.67. The van der Waals surface area contributed by atoms with Crippen LogP contribution in [0.15, 0.2) is 53.4 Å². The van der Waals surface area contributed by atoms with Gasteiger partial charge in [0.05, 0.1) is 4.90 Å². The molecule has 0 heterocycles. The van der Waals surface area contributed by atoms with Gasteiger partial charge in [0, 0.05) is 20.1 Å². The van der Waals surface area contributed by atoms with Gasteiger partial charge in [-0.25, -0.2) is 17.1 Å². The second-order valence-electron chi connectivity index (χ2n) is 5.87. The van der Waals surface area contributed by atoms with Crippen LogP contribution >= 0.6 is 0 Å². The summed E-state index contributed by atoms with van der Waals surface area (Å²) < 4.78 is 38.9. The van der Waals surface area contributed by atoms with Crippen LogP contribution in [0.1, 0.15) is 24.1 Å². The minimum Gasteiger partial charge on any atom is -0.310 e. The van der Waals surface area contributed by atoms with Crippen LogP contribution in [0.3, 0.4) is 0 Å². The fourth-order valence-electron chi connectivity index (χ4n) is 2.38. The number of nitrogens with zero attached hydrogens (tertiary/aromatic N) is 1. The predicted molar refractivity (Wildman–Crippen MR) is 93.8 cm³/mol. The number of nitrogens with one attached hydrogen (secondary N) is 1. The van der Waals surface area contributed by atoms with Crippen molar-refractivity contribution < 1.29 is 12.8 Å². The first-order valence-corrected chi connectivity index (χ1v) is 9.25. The van der Waals surface area contributed by atoms with Crippen molar-refractivity contribution in [2.45, 2.75) is 24.3 Å². The summed E-state index contributed by atoms with van der Waals surface area (Å²) in [6, 6.07) is 13.6. The fourth-order valence-corrected chi connectivity index (χ4v) is 3.28. The van der Waals surface area contributed by atoms with E-state index in [1.165, 1.54) is 24.5 Å². The molecule has 0 radical (unpaired) electrons. The first kappa shape index (κ1) is 18.6. The molecule has 1 N–H and O–H groups in total. The molecule has 6 heteroatoms. The van der Waals surface area contributed by atoms with Crippen molar-refractivity contribution in [3.63, 3.8) is 0 Å². The zero-order chi connectivity index (χ0) is 17.7. The van der Waals surface area contributed by atoms with E-state index in [4.69, 9.17) is 0 Å². The van der Waals surface area contributed by atoms with Crippen molar-refractivity contribution >= 4 is 10.0 Å². The molecule has 0 aromatic heterocycles. The van der Waals surface area contributed by atoms with Crippen molar-refractivity contribution in [1.29, 1.82) is 0 Å². The molecule has 2 rings (SSSR count). The van der Waals surface area contributed by atoms with Crippen molar-refractivity contribution in [1.82, 2.24) is 9.62 Å². The molecule has 0 fully saturated rings. The van der Waals surface area contributed by atoms with Gasteiger partial charge in [0.2, 0.25) is 10.0 Å². The maximum Gasteiger partial charge on any atom is 0.242 e.